The van der Waals surface area contributed by atoms with Crippen LogP contribution in [0.2, 0.25) is 5.02 Å². The largest absolute Gasteiger partial charge is 0.327 e. The van der Waals surface area contributed by atoms with Crippen molar-refractivity contribution in [3.8, 4) is 0 Å². The number of fused-ring (bicyclic) bond motifs is 2. The predicted octanol–water partition coefficient (Wildman–Crippen LogP) is 7.00. The van der Waals surface area contributed by atoms with Crippen LogP contribution in [0.5, 0.6) is 0 Å². The molecule has 6 rings (SSSR count). The fourth-order valence-electron chi connectivity index (χ4n) is 5.45. The molecular formula is C30H28ClN3O2S. The zero-order chi connectivity index (χ0) is 25.4. The minimum absolute atomic E-state index is 0.293. The van der Waals surface area contributed by atoms with E-state index in [0.29, 0.717) is 16.5 Å². The molecule has 0 bridgehead atoms. The summed E-state index contributed by atoms with van der Waals surface area (Å²) in [7, 11) is -3.72. The van der Waals surface area contributed by atoms with Gasteiger partial charge in [0, 0.05) is 18.1 Å². The molecule has 37 heavy (non-hydrogen) atoms. The van der Waals surface area contributed by atoms with Gasteiger partial charge in [0.05, 0.1) is 22.0 Å². The average molecular weight is 530 g/mol. The average Bonchev–Trinajstić information content (AvgIpc) is 3.54. The minimum Gasteiger partial charge on any atom is -0.327 e. The van der Waals surface area contributed by atoms with E-state index in [2.05, 4.69) is 34.9 Å². The molecule has 0 aliphatic carbocycles. The van der Waals surface area contributed by atoms with E-state index in [-0.39, 0.29) is 6.04 Å². The summed E-state index contributed by atoms with van der Waals surface area (Å²) in [6, 6.07) is 29.1. The Morgan fingerprint density at radius 2 is 1.68 bits per heavy atom. The Hall–Kier alpha value is -3.19. The van der Waals surface area contributed by atoms with Crippen LogP contribution in [0.3, 0.4) is 0 Å². The van der Waals surface area contributed by atoms with Gasteiger partial charge in [-0.1, -0.05) is 66.2 Å². The van der Waals surface area contributed by atoms with Crippen molar-refractivity contribution in [1.29, 1.82) is 0 Å². The molecule has 1 aliphatic rings. The number of hydrogen-bond acceptors (Lipinski definition) is 3. The van der Waals surface area contributed by atoms with E-state index in [9.17, 15) is 8.42 Å². The number of aromatic nitrogens is 2. The number of imidazole rings is 1. The fraction of sp³-hybridized carbons (Fsp3) is 0.233. The smallest absolute Gasteiger partial charge is 0.243 e. The van der Waals surface area contributed by atoms with Crippen LogP contribution in [0, 0.1) is 0 Å². The van der Waals surface area contributed by atoms with Gasteiger partial charge in [-0.2, -0.15) is 4.31 Å². The van der Waals surface area contributed by atoms with Gasteiger partial charge in [0.15, 0.2) is 0 Å². The first-order valence-corrected chi connectivity index (χ1v) is 14.5. The number of rotatable bonds is 7. The van der Waals surface area contributed by atoms with Crippen LogP contribution >= 0.6 is 11.6 Å². The molecule has 4 aromatic carbocycles. The molecule has 1 fully saturated rings. The van der Waals surface area contributed by atoms with Crippen LogP contribution in [0.1, 0.15) is 36.7 Å². The van der Waals surface area contributed by atoms with Crippen molar-refractivity contribution < 1.29 is 8.42 Å². The van der Waals surface area contributed by atoms with Crippen molar-refractivity contribution in [2.24, 2.45) is 0 Å². The number of aryl methyl sites for hydroxylation is 2. The molecule has 2 heterocycles. The van der Waals surface area contributed by atoms with E-state index < -0.39 is 10.0 Å². The van der Waals surface area contributed by atoms with E-state index in [1.807, 2.05) is 48.5 Å². The second-order valence-electron chi connectivity index (χ2n) is 9.63. The van der Waals surface area contributed by atoms with Gasteiger partial charge in [-0.3, -0.25) is 0 Å². The standard InChI is InChI=1S/C30H28ClN3O2S/c31-25-16-14-23-15-17-26(21-24(23)20-25)37(35,36)34-19-7-13-29(34)30-32-27-11-4-5-12-28(27)33(30)18-6-10-22-8-2-1-3-9-22/h1-5,8-9,11-12,14-17,20-21,29H,6-7,10,13,18-19H2. The summed E-state index contributed by atoms with van der Waals surface area (Å²) in [5.74, 6) is 0.833. The summed E-state index contributed by atoms with van der Waals surface area (Å²) >= 11 is 6.18. The van der Waals surface area contributed by atoms with Crippen molar-refractivity contribution in [3.63, 3.8) is 0 Å². The summed E-state index contributed by atoms with van der Waals surface area (Å²) < 4.78 is 31.7. The Labute approximate surface area is 222 Å². The second-order valence-corrected chi connectivity index (χ2v) is 12.0. The number of nitrogens with zero attached hydrogens (tertiary/aromatic N) is 3. The molecule has 0 amide bonds. The normalized spacial score (nSPS) is 16.6. The first kappa shape index (κ1) is 24.2. The van der Waals surface area contributed by atoms with Gasteiger partial charge in [-0.15, -0.1) is 0 Å². The quantitative estimate of drug-likeness (QED) is 0.228. The summed E-state index contributed by atoms with van der Waals surface area (Å²) in [6.45, 7) is 1.26. The maximum atomic E-state index is 13.9. The highest BCUT2D eigenvalue weighted by Gasteiger charge is 2.39. The van der Waals surface area contributed by atoms with Crippen molar-refractivity contribution in [3.05, 3.63) is 107 Å². The minimum atomic E-state index is -3.72. The number of sulfonamides is 1. The maximum Gasteiger partial charge on any atom is 0.243 e. The van der Waals surface area contributed by atoms with Crippen molar-refractivity contribution in [1.82, 2.24) is 13.9 Å². The second kappa shape index (κ2) is 9.93. The Morgan fingerprint density at radius 3 is 2.54 bits per heavy atom. The maximum absolute atomic E-state index is 13.9. The third-order valence-corrected chi connectivity index (χ3v) is 9.40. The topological polar surface area (TPSA) is 55.2 Å². The third kappa shape index (κ3) is 4.65. The van der Waals surface area contributed by atoms with Crippen LogP contribution in [-0.4, -0.2) is 28.8 Å². The third-order valence-electron chi connectivity index (χ3n) is 7.26. The van der Waals surface area contributed by atoms with Crippen LogP contribution in [0.4, 0.5) is 0 Å². The van der Waals surface area contributed by atoms with E-state index in [1.54, 1.807) is 16.4 Å². The zero-order valence-electron chi connectivity index (χ0n) is 20.4. The van der Waals surface area contributed by atoms with Gasteiger partial charge >= 0.3 is 0 Å². The lowest BCUT2D eigenvalue weighted by Crippen LogP contribution is -2.32. The molecular weight excluding hydrogens is 502 g/mol. The van der Waals surface area contributed by atoms with E-state index in [1.165, 1.54) is 5.56 Å². The lowest BCUT2D eigenvalue weighted by atomic mass is 10.1. The number of hydrogen-bond donors (Lipinski definition) is 0. The number of halogens is 1. The summed E-state index contributed by atoms with van der Waals surface area (Å²) in [5, 5.41) is 2.37. The zero-order valence-corrected chi connectivity index (χ0v) is 22.0. The lowest BCUT2D eigenvalue weighted by Gasteiger charge is -2.25. The molecule has 1 atom stereocenters. The first-order chi connectivity index (χ1) is 18.0. The molecule has 0 spiro atoms. The van der Waals surface area contributed by atoms with Crippen LogP contribution < -0.4 is 0 Å². The van der Waals surface area contributed by atoms with Gasteiger partial charge in [-0.05, 0) is 78.4 Å². The van der Waals surface area contributed by atoms with E-state index in [4.69, 9.17) is 16.6 Å². The molecule has 1 aliphatic heterocycles. The van der Waals surface area contributed by atoms with Crippen molar-refractivity contribution in [2.45, 2.75) is 43.2 Å². The predicted molar refractivity (Wildman–Crippen MR) is 149 cm³/mol. The van der Waals surface area contributed by atoms with E-state index >= 15 is 0 Å². The highest BCUT2D eigenvalue weighted by atomic mass is 35.5. The van der Waals surface area contributed by atoms with Crippen molar-refractivity contribution in [2.75, 3.05) is 6.54 Å². The van der Waals surface area contributed by atoms with Gasteiger partial charge in [-0.25, -0.2) is 13.4 Å². The molecule has 7 heteroatoms. The Morgan fingerprint density at radius 1 is 0.892 bits per heavy atom. The molecule has 1 saturated heterocycles. The molecule has 0 saturated carbocycles. The first-order valence-electron chi connectivity index (χ1n) is 12.7. The summed E-state index contributed by atoms with van der Waals surface area (Å²) in [6.07, 6.45) is 3.46. The molecule has 0 radical (unpaired) electrons. The SMILES string of the molecule is O=S(=O)(c1ccc2ccc(Cl)cc2c1)N1CCCC1c1nc2ccccc2n1CCCc1ccccc1. The number of para-hydroxylation sites is 2. The van der Waals surface area contributed by atoms with Gasteiger partial charge in [0.1, 0.15) is 5.82 Å². The van der Waals surface area contributed by atoms with Crippen molar-refractivity contribution >= 4 is 43.4 Å². The fourth-order valence-corrected chi connectivity index (χ4v) is 7.32. The Kier molecular flexibility index (Phi) is 6.49. The summed E-state index contributed by atoms with van der Waals surface area (Å²) in [4.78, 5) is 5.27. The summed E-state index contributed by atoms with van der Waals surface area (Å²) in [5.41, 5.74) is 3.26. The monoisotopic (exact) mass is 529 g/mol. The molecule has 5 aromatic rings. The van der Waals surface area contributed by atoms with Crippen LogP contribution in [-0.2, 0) is 23.0 Å². The molecule has 0 N–H and O–H groups in total. The Balaban J connectivity index is 1.35. The van der Waals surface area contributed by atoms with Crippen LogP contribution in [0.25, 0.3) is 21.8 Å². The molecule has 1 aromatic heterocycles. The number of benzene rings is 4. The lowest BCUT2D eigenvalue weighted by molar-refractivity contribution is 0.373. The van der Waals surface area contributed by atoms with Crippen LogP contribution in [0.15, 0.2) is 95.9 Å². The highest BCUT2D eigenvalue weighted by Crippen LogP contribution is 2.38. The molecule has 188 valence electrons. The Bertz CT molecular complexity index is 1680. The van der Waals surface area contributed by atoms with Gasteiger partial charge < -0.3 is 4.57 Å². The van der Waals surface area contributed by atoms with Gasteiger partial charge in [0.2, 0.25) is 10.0 Å². The molecule has 1 unspecified atom stereocenters. The van der Waals surface area contributed by atoms with Gasteiger partial charge in [0.25, 0.3) is 0 Å². The molecule has 5 nitrogen and oxygen atoms in total. The highest BCUT2D eigenvalue weighted by molar-refractivity contribution is 7.89. The van der Waals surface area contributed by atoms with E-state index in [0.717, 1.165) is 59.9 Å².